The van der Waals surface area contributed by atoms with Gasteiger partial charge in [0.25, 0.3) is 15.9 Å². The van der Waals surface area contributed by atoms with E-state index in [-0.39, 0.29) is 17.4 Å². The van der Waals surface area contributed by atoms with Crippen LogP contribution in [0.15, 0.2) is 35.2 Å². The molecular formula is C17H18N2O4S. The van der Waals surface area contributed by atoms with Gasteiger partial charge in [0.2, 0.25) is 0 Å². The van der Waals surface area contributed by atoms with Crippen LogP contribution >= 0.6 is 0 Å². The summed E-state index contributed by atoms with van der Waals surface area (Å²) in [6, 6.07) is 8.56. The summed E-state index contributed by atoms with van der Waals surface area (Å²) in [6.45, 7) is 5.37. The van der Waals surface area contributed by atoms with Gasteiger partial charge in [0, 0.05) is 11.8 Å². The lowest BCUT2D eigenvalue weighted by Gasteiger charge is -2.20. The predicted molar refractivity (Wildman–Crippen MR) is 92.0 cm³/mol. The summed E-state index contributed by atoms with van der Waals surface area (Å²) in [5.41, 5.74) is 3.46. The van der Waals surface area contributed by atoms with Crippen molar-refractivity contribution in [3.8, 4) is 5.75 Å². The number of aryl methyl sites for hydroxylation is 3. The minimum atomic E-state index is -3.77. The van der Waals surface area contributed by atoms with Crippen molar-refractivity contribution in [3.63, 3.8) is 0 Å². The van der Waals surface area contributed by atoms with Crippen LogP contribution in [-0.4, -0.2) is 20.9 Å². The fourth-order valence-electron chi connectivity index (χ4n) is 2.75. The van der Waals surface area contributed by atoms with E-state index in [9.17, 15) is 13.2 Å². The van der Waals surface area contributed by atoms with Gasteiger partial charge in [-0.1, -0.05) is 6.07 Å². The van der Waals surface area contributed by atoms with Gasteiger partial charge in [0.05, 0.1) is 10.6 Å². The molecular weight excluding hydrogens is 328 g/mol. The fraction of sp³-hybridized carbons (Fsp3) is 0.235. The summed E-state index contributed by atoms with van der Waals surface area (Å²) in [5, 5.41) is 2.66. The van der Waals surface area contributed by atoms with Gasteiger partial charge in [-0.2, -0.15) is 0 Å². The van der Waals surface area contributed by atoms with Crippen LogP contribution in [-0.2, 0) is 14.8 Å². The van der Waals surface area contributed by atoms with Crippen molar-refractivity contribution in [1.82, 2.24) is 0 Å². The lowest BCUT2D eigenvalue weighted by molar-refractivity contribution is -0.118. The second kappa shape index (κ2) is 5.83. The van der Waals surface area contributed by atoms with Crippen LogP contribution in [0.1, 0.15) is 16.7 Å². The Hall–Kier alpha value is -2.54. The van der Waals surface area contributed by atoms with Crippen molar-refractivity contribution in [3.05, 3.63) is 47.0 Å². The number of ether oxygens (including phenoxy) is 1. The van der Waals surface area contributed by atoms with Crippen molar-refractivity contribution in [2.75, 3.05) is 16.6 Å². The first-order chi connectivity index (χ1) is 11.2. The highest BCUT2D eigenvalue weighted by atomic mass is 32.2. The van der Waals surface area contributed by atoms with Gasteiger partial charge >= 0.3 is 0 Å². The van der Waals surface area contributed by atoms with Crippen molar-refractivity contribution in [2.24, 2.45) is 0 Å². The molecule has 0 radical (unpaired) electrons. The van der Waals surface area contributed by atoms with E-state index in [2.05, 4.69) is 10.0 Å². The molecule has 0 fully saturated rings. The number of anilines is 2. The average Bonchev–Trinajstić information content (AvgIpc) is 2.44. The Morgan fingerprint density at radius 2 is 1.71 bits per heavy atom. The molecule has 0 aliphatic carbocycles. The third-order valence-electron chi connectivity index (χ3n) is 3.67. The van der Waals surface area contributed by atoms with E-state index in [4.69, 9.17) is 4.74 Å². The molecule has 6 nitrogen and oxygen atoms in total. The normalized spacial score (nSPS) is 13.7. The number of sulfonamides is 1. The Kier molecular flexibility index (Phi) is 3.96. The monoisotopic (exact) mass is 346 g/mol. The van der Waals surface area contributed by atoms with Crippen LogP contribution in [0.5, 0.6) is 5.75 Å². The molecule has 0 saturated heterocycles. The Bertz CT molecular complexity index is 916. The molecule has 24 heavy (non-hydrogen) atoms. The third-order valence-corrected chi connectivity index (χ3v) is 5.20. The lowest BCUT2D eigenvalue weighted by atomic mass is 10.1. The number of hydrogen-bond acceptors (Lipinski definition) is 4. The van der Waals surface area contributed by atoms with Gasteiger partial charge in [-0.3, -0.25) is 9.52 Å². The van der Waals surface area contributed by atoms with Gasteiger partial charge in [-0.15, -0.1) is 0 Å². The third kappa shape index (κ3) is 3.21. The first-order valence-electron chi connectivity index (χ1n) is 7.43. The number of carbonyl (C=O) groups is 1. The highest BCUT2D eigenvalue weighted by Gasteiger charge is 2.23. The van der Waals surface area contributed by atoms with Gasteiger partial charge in [-0.25, -0.2) is 8.42 Å². The Morgan fingerprint density at radius 3 is 2.38 bits per heavy atom. The van der Waals surface area contributed by atoms with E-state index in [0.29, 0.717) is 22.7 Å². The fourth-order valence-corrected chi connectivity index (χ4v) is 4.03. The molecule has 0 saturated carbocycles. The lowest BCUT2D eigenvalue weighted by Crippen LogP contribution is -2.26. The highest BCUT2D eigenvalue weighted by molar-refractivity contribution is 7.92. The van der Waals surface area contributed by atoms with Crippen molar-refractivity contribution < 1.29 is 17.9 Å². The summed E-state index contributed by atoms with van der Waals surface area (Å²) in [4.78, 5) is 11.5. The molecule has 0 unspecified atom stereocenters. The molecule has 0 aromatic heterocycles. The zero-order valence-electron chi connectivity index (χ0n) is 13.6. The Morgan fingerprint density at radius 1 is 1.04 bits per heavy atom. The van der Waals surface area contributed by atoms with Gasteiger partial charge in [0.15, 0.2) is 6.61 Å². The number of carbonyl (C=O) groups excluding carboxylic acids is 1. The van der Waals surface area contributed by atoms with Crippen LogP contribution in [0.3, 0.4) is 0 Å². The van der Waals surface area contributed by atoms with Crippen molar-refractivity contribution in [1.29, 1.82) is 0 Å². The summed E-state index contributed by atoms with van der Waals surface area (Å²) < 4.78 is 33.4. The van der Waals surface area contributed by atoms with Gasteiger partial charge < -0.3 is 10.1 Å². The largest absolute Gasteiger partial charge is 0.482 e. The molecule has 0 bridgehead atoms. The Balaban J connectivity index is 1.99. The van der Waals surface area contributed by atoms with Crippen molar-refractivity contribution in [2.45, 2.75) is 25.7 Å². The number of fused-ring (bicyclic) bond motifs is 1. The molecule has 7 heteroatoms. The van der Waals surface area contributed by atoms with Crippen LogP contribution in [0.2, 0.25) is 0 Å². The minimum Gasteiger partial charge on any atom is -0.482 e. The van der Waals surface area contributed by atoms with E-state index in [1.165, 1.54) is 6.07 Å². The van der Waals surface area contributed by atoms with E-state index in [1.54, 1.807) is 25.1 Å². The number of benzene rings is 2. The van der Waals surface area contributed by atoms with Crippen LogP contribution in [0.25, 0.3) is 0 Å². The molecule has 1 heterocycles. The maximum atomic E-state index is 12.7. The first-order valence-corrected chi connectivity index (χ1v) is 8.91. The maximum absolute atomic E-state index is 12.7. The van der Waals surface area contributed by atoms with E-state index in [0.717, 1.165) is 11.1 Å². The molecule has 1 aliphatic rings. The smallest absolute Gasteiger partial charge is 0.262 e. The number of amides is 1. The first kappa shape index (κ1) is 16.3. The standard InChI is InChI=1S/C17H18N2O4S/c1-10-4-11(2)6-13(5-10)19-24(21,22)16-8-15-14(7-12(16)3)18-17(20)9-23-15/h4-8,19H,9H2,1-3H3,(H,18,20). The molecule has 2 N–H and O–H groups in total. The minimum absolute atomic E-state index is 0.122. The van der Waals surface area contributed by atoms with Crippen molar-refractivity contribution >= 4 is 27.3 Å². The van der Waals surface area contributed by atoms with Gasteiger partial charge in [0.1, 0.15) is 5.75 Å². The van der Waals surface area contributed by atoms with Crippen LogP contribution in [0, 0.1) is 20.8 Å². The molecule has 0 spiro atoms. The van der Waals surface area contributed by atoms with Crippen LogP contribution in [0.4, 0.5) is 11.4 Å². The molecule has 126 valence electrons. The molecule has 2 aromatic rings. The Labute approximate surface area is 140 Å². The SMILES string of the molecule is Cc1cc(C)cc(NS(=O)(=O)c2cc3c(cc2C)NC(=O)CO3)c1. The highest BCUT2D eigenvalue weighted by Crippen LogP contribution is 2.33. The molecule has 3 rings (SSSR count). The second-order valence-corrected chi connectivity index (χ2v) is 7.58. The second-order valence-electron chi connectivity index (χ2n) is 5.93. The average molecular weight is 346 g/mol. The zero-order valence-corrected chi connectivity index (χ0v) is 14.5. The molecule has 1 aliphatic heterocycles. The van der Waals surface area contributed by atoms with Crippen LogP contribution < -0.4 is 14.8 Å². The zero-order chi connectivity index (χ0) is 17.5. The summed E-state index contributed by atoms with van der Waals surface area (Å²) >= 11 is 0. The van der Waals surface area contributed by atoms with E-state index in [1.807, 2.05) is 19.9 Å². The summed E-state index contributed by atoms with van der Waals surface area (Å²) in [6.07, 6.45) is 0. The molecule has 1 amide bonds. The van der Waals surface area contributed by atoms with Gasteiger partial charge in [-0.05, 0) is 55.7 Å². The van der Waals surface area contributed by atoms with E-state index < -0.39 is 10.0 Å². The molecule has 2 aromatic carbocycles. The van der Waals surface area contributed by atoms with E-state index >= 15 is 0 Å². The maximum Gasteiger partial charge on any atom is 0.262 e. The quantitative estimate of drug-likeness (QED) is 0.895. The number of hydrogen-bond donors (Lipinski definition) is 2. The summed E-state index contributed by atoms with van der Waals surface area (Å²) in [5.74, 6) is 0.0897. The number of nitrogens with one attached hydrogen (secondary N) is 2. The predicted octanol–water partition coefficient (Wildman–Crippen LogP) is 2.74. The molecule has 0 atom stereocenters. The number of rotatable bonds is 3. The topological polar surface area (TPSA) is 84.5 Å². The summed E-state index contributed by atoms with van der Waals surface area (Å²) in [7, 11) is -3.77.